The number of fused-ring (bicyclic) bond motifs is 3. The monoisotopic (exact) mass is 614 g/mol. The molecule has 0 aromatic heterocycles. The number of methoxy groups -OCH3 is 2. The number of esters is 1. The smallest absolute Gasteiger partial charge is 0.413 e. The van der Waals surface area contributed by atoms with Gasteiger partial charge in [-0.05, 0) is 65.8 Å². The highest BCUT2D eigenvalue weighted by molar-refractivity contribution is 5.87. The largest absolute Gasteiger partial charge is 0.493 e. The third-order valence-electron chi connectivity index (χ3n) is 8.88. The number of carbonyl (C=O) groups is 3. The molecular weight excluding hydrogens is 580 g/mol. The standard InChI is InChI=1S/C34H34N2O9/c1-40-27-13-20(29-23-15-26-25(43-17-44-26)12-19(23)11-21-16-42-33(38)30(21)29)14-28(41-2)31(27)45-34(39)36-24(32(37)35-22-8-9-22)10-18-6-4-3-5-7-18/h3-7,12-15,21-22,24,29-30H,8-11,16-17H2,1-2H3,(H,35,37)(H,36,39)/t21-,24-,29+,30-/m0/s1. The highest BCUT2D eigenvalue weighted by atomic mass is 16.7. The summed E-state index contributed by atoms with van der Waals surface area (Å²) in [7, 11) is 2.92. The van der Waals surface area contributed by atoms with Gasteiger partial charge in [0.05, 0.1) is 26.7 Å². The Balaban J connectivity index is 1.19. The molecule has 11 nitrogen and oxygen atoms in total. The molecule has 7 rings (SSSR count). The lowest BCUT2D eigenvalue weighted by Gasteiger charge is -2.34. The van der Waals surface area contributed by atoms with Gasteiger partial charge in [0, 0.05) is 24.3 Å². The summed E-state index contributed by atoms with van der Waals surface area (Å²) in [6.07, 6.45) is 1.97. The van der Waals surface area contributed by atoms with Crippen molar-refractivity contribution >= 4 is 18.0 Å². The fraction of sp³-hybridized carbons (Fsp3) is 0.382. The molecule has 11 heteroatoms. The number of hydrogen-bond donors (Lipinski definition) is 2. The maximum absolute atomic E-state index is 13.3. The van der Waals surface area contributed by atoms with Gasteiger partial charge < -0.3 is 39.1 Å². The average Bonchev–Trinajstić information content (AvgIpc) is 3.62. The second kappa shape index (κ2) is 11.9. The van der Waals surface area contributed by atoms with E-state index in [0.29, 0.717) is 30.9 Å². The Morgan fingerprint density at radius 1 is 0.956 bits per heavy atom. The van der Waals surface area contributed by atoms with Crippen molar-refractivity contribution in [2.75, 3.05) is 27.6 Å². The van der Waals surface area contributed by atoms with Crippen molar-refractivity contribution in [1.82, 2.24) is 10.6 Å². The van der Waals surface area contributed by atoms with Gasteiger partial charge in [0.2, 0.25) is 18.4 Å². The van der Waals surface area contributed by atoms with Crippen LogP contribution in [0.15, 0.2) is 54.6 Å². The van der Waals surface area contributed by atoms with Gasteiger partial charge in [0.15, 0.2) is 23.0 Å². The van der Waals surface area contributed by atoms with Gasteiger partial charge in [0.1, 0.15) is 6.04 Å². The highest BCUT2D eigenvalue weighted by Crippen LogP contribution is 2.52. The van der Waals surface area contributed by atoms with E-state index < -0.39 is 24.0 Å². The van der Waals surface area contributed by atoms with Crippen LogP contribution < -0.4 is 34.3 Å². The normalized spacial score (nSPS) is 21.6. The van der Waals surface area contributed by atoms with Crippen LogP contribution in [0.1, 0.15) is 41.0 Å². The van der Waals surface area contributed by atoms with Crippen LogP contribution >= 0.6 is 0 Å². The zero-order valence-electron chi connectivity index (χ0n) is 25.0. The molecular formula is C34H34N2O9. The number of benzene rings is 3. The average molecular weight is 615 g/mol. The fourth-order valence-electron chi connectivity index (χ4n) is 6.54. The van der Waals surface area contributed by atoms with Gasteiger partial charge in [-0.25, -0.2) is 4.79 Å². The molecule has 2 aliphatic heterocycles. The molecule has 3 aromatic carbocycles. The van der Waals surface area contributed by atoms with Crippen LogP contribution in [-0.4, -0.2) is 57.7 Å². The topological polar surface area (TPSA) is 131 Å². The Kier molecular flexibility index (Phi) is 7.60. The summed E-state index contributed by atoms with van der Waals surface area (Å²) >= 11 is 0. The fourth-order valence-corrected chi connectivity index (χ4v) is 6.54. The molecule has 2 fully saturated rings. The predicted molar refractivity (Wildman–Crippen MR) is 160 cm³/mol. The lowest BCUT2D eigenvalue weighted by atomic mass is 9.67. The minimum Gasteiger partial charge on any atom is -0.493 e. The number of rotatable bonds is 9. The summed E-state index contributed by atoms with van der Waals surface area (Å²) in [4.78, 5) is 39.4. The number of nitrogens with one attached hydrogen (secondary N) is 2. The molecule has 234 valence electrons. The first-order valence-corrected chi connectivity index (χ1v) is 15.1. The van der Waals surface area contributed by atoms with Crippen molar-refractivity contribution in [3.8, 4) is 28.7 Å². The van der Waals surface area contributed by atoms with Crippen LogP contribution in [0.4, 0.5) is 4.79 Å². The van der Waals surface area contributed by atoms with E-state index in [1.54, 1.807) is 12.1 Å². The van der Waals surface area contributed by atoms with Crippen LogP contribution in [-0.2, 0) is 27.2 Å². The summed E-state index contributed by atoms with van der Waals surface area (Å²) < 4.78 is 34.0. The van der Waals surface area contributed by atoms with Crippen molar-refractivity contribution < 1.29 is 42.8 Å². The molecule has 0 unspecified atom stereocenters. The molecule has 4 aliphatic rings. The molecule has 0 radical (unpaired) electrons. The van der Waals surface area contributed by atoms with Crippen LogP contribution in [0, 0.1) is 11.8 Å². The first-order valence-electron chi connectivity index (χ1n) is 15.1. The van der Waals surface area contributed by atoms with Crippen molar-refractivity contribution in [2.24, 2.45) is 11.8 Å². The van der Waals surface area contributed by atoms with Gasteiger partial charge in [0.25, 0.3) is 0 Å². The number of cyclic esters (lactones) is 1. The molecule has 2 N–H and O–H groups in total. The molecule has 45 heavy (non-hydrogen) atoms. The lowest BCUT2D eigenvalue weighted by Crippen LogP contribution is -2.49. The summed E-state index contributed by atoms with van der Waals surface area (Å²) in [6, 6.07) is 16.1. The van der Waals surface area contributed by atoms with E-state index in [4.69, 9.17) is 28.4 Å². The Bertz CT molecular complexity index is 1610. The molecule has 2 heterocycles. The predicted octanol–water partition coefficient (Wildman–Crippen LogP) is 3.89. The van der Waals surface area contributed by atoms with Crippen molar-refractivity contribution in [3.05, 3.63) is 76.9 Å². The van der Waals surface area contributed by atoms with Gasteiger partial charge >= 0.3 is 12.1 Å². The molecule has 4 atom stereocenters. The summed E-state index contributed by atoms with van der Waals surface area (Å²) in [5.74, 6) is 0.442. The number of ether oxygens (including phenoxy) is 6. The van der Waals surface area contributed by atoms with E-state index in [2.05, 4.69) is 10.6 Å². The van der Waals surface area contributed by atoms with Crippen LogP contribution in [0.5, 0.6) is 28.7 Å². The van der Waals surface area contributed by atoms with Gasteiger partial charge in [-0.15, -0.1) is 0 Å². The second-order valence-corrected chi connectivity index (χ2v) is 11.8. The van der Waals surface area contributed by atoms with E-state index >= 15 is 0 Å². The molecule has 0 bridgehead atoms. The third-order valence-corrected chi connectivity index (χ3v) is 8.88. The highest BCUT2D eigenvalue weighted by Gasteiger charge is 2.48. The number of amides is 2. The minimum atomic E-state index is -0.853. The summed E-state index contributed by atoms with van der Waals surface area (Å²) in [5, 5.41) is 5.69. The lowest BCUT2D eigenvalue weighted by molar-refractivity contribution is -0.141. The molecule has 2 amide bonds. The maximum Gasteiger partial charge on any atom is 0.413 e. The first kappa shape index (κ1) is 28.8. The van der Waals surface area contributed by atoms with Crippen LogP contribution in [0.2, 0.25) is 0 Å². The third kappa shape index (κ3) is 5.70. The molecule has 0 spiro atoms. The number of hydrogen-bond acceptors (Lipinski definition) is 9. The molecule has 1 saturated carbocycles. The minimum absolute atomic E-state index is 0.0163. The Morgan fingerprint density at radius 3 is 2.36 bits per heavy atom. The molecule has 1 saturated heterocycles. The van der Waals surface area contributed by atoms with Gasteiger partial charge in [-0.2, -0.15) is 0 Å². The van der Waals surface area contributed by atoms with Gasteiger partial charge in [-0.1, -0.05) is 30.3 Å². The quantitative estimate of drug-likeness (QED) is 0.345. The zero-order valence-corrected chi connectivity index (χ0v) is 25.0. The summed E-state index contributed by atoms with van der Waals surface area (Å²) in [6.45, 7) is 0.476. The zero-order chi connectivity index (χ0) is 31.1. The van der Waals surface area contributed by atoms with Crippen molar-refractivity contribution in [1.29, 1.82) is 0 Å². The van der Waals surface area contributed by atoms with E-state index in [0.717, 1.165) is 35.1 Å². The van der Waals surface area contributed by atoms with E-state index in [1.807, 2.05) is 42.5 Å². The van der Waals surface area contributed by atoms with Crippen LogP contribution in [0.25, 0.3) is 0 Å². The first-order chi connectivity index (χ1) is 21.9. The Hall–Kier alpha value is -4.93. The Labute approximate surface area is 260 Å². The second-order valence-electron chi connectivity index (χ2n) is 11.8. The number of carbonyl (C=O) groups excluding carboxylic acids is 3. The van der Waals surface area contributed by atoms with Crippen molar-refractivity contribution in [2.45, 2.75) is 43.7 Å². The Morgan fingerprint density at radius 2 is 1.67 bits per heavy atom. The van der Waals surface area contributed by atoms with E-state index in [9.17, 15) is 14.4 Å². The van der Waals surface area contributed by atoms with Crippen LogP contribution in [0.3, 0.4) is 0 Å². The molecule has 3 aromatic rings. The van der Waals surface area contributed by atoms with E-state index in [1.165, 1.54) is 14.2 Å². The molecule has 2 aliphatic carbocycles. The maximum atomic E-state index is 13.3. The van der Waals surface area contributed by atoms with Crippen molar-refractivity contribution in [3.63, 3.8) is 0 Å². The summed E-state index contributed by atoms with van der Waals surface area (Å²) in [5.41, 5.74) is 3.61. The SMILES string of the molecule is COc1cc([C@@H]2c3cc4c(cc3C[C@H]3COC(=O)[C@@H]32)OCO4)cc(OC)c1OC(=O)N[C@@H](Cc1ccccc1)C(=O)NC1CC1. The van der Waals surface area contributed by atoms with Gasteiger partial charge in [-0.3, -0.25) is 9.59 Å². The van der Waals surface area contributed by atoms with E-state index in [-0.39, 0.29) is 47.9 Å².